The summed E-state index contributed by atoms with van der Waals surface area (Å²) in [4.78, 5) is 44.3. The number of nitrogens with one attached hydrogen (secondary N) is 2. The number of benzene rings is 1. The van der Waals surface area contributed by atoms with Crippen molar-refractivity contribution in [1.29, 1.82) is 0 Å². The van der Waals surface area contributed by atoms with Gasteiger partial charge in [0.25, 0.3) is 0 Å². The van der Waals surface area contributed by atoms with Crippen LogP contribution in [0.1, 0.15) is 76.7 Å². The van der Waals surface area contributed by atoms with Crippen molar-refractivity contribution in [3.05, 3.63) is 35.9 Å². The van der Waals surface area contributed by atoms with Gasteiger partial charge in [0.15, 0.2) is 0 Å². The molecule has 3 rings (SSSR count). The number of aliphatic hydroxyl groups is 2. The van der Waals surface area contributed by atoms with Gasteiger partial charge in [0, 0.05) is 33.0 Å². The second-order valence-electron chi connectivity index (χ2n) is 12.9. The molecule has 2 aliphatic carbocycles. The first-order valence-corrected chi connectivity index (χ1v) is 16.5. The van der Waals surface area contributed by atoms with Crippen LogP contribution in [0.15, 0.2) is 30.3 Å². The van der Waals surface area contributed by atoms with Crippen LogP contribution < -0.4 is 10.6 Å². The van der Waals surface area contributed by atoms with Crippen LogP contribution in [0.25, 0.3) is 0 Å². The standard InChI is InChI=1S/C35H54N4O5/c1-5-13-29(35(44)37-30(23-26-16-11-8-12-17-26)33(42)32(41)27-18-19-27)36-34(43)28(22-25-14-9-7-10-15-25)24-31(40)39(4)21-20-38(3)6-2/h1,7,9-10,14-15,26-30,32-33,41-42H,6,8,11-13,16-24H2,2-4H3,(H,36,43)(H,37,44)/t28?,29-,30?,32?,33+/m0/s1. The number of carbonyl (C=O) groups excluding carboxylic acids is 3. The Morgan fingerprint density at radius 3 is 2.27 bits per heavy atom. The van der Waals surface area contributed by atoms with E-state index in [1.807, 2.05) is 37.4 Å². The molecule has 1 aromatic rings. The number of amides is 3. The van der Waals surface area contributed by atoms with E-state index in [1.54, 1.807) is 11.9 Å². The highest BCUT2D eigenvalue weighted by Crippen LogP contribution is 2.36. The van der Waals surface area contributed by atoms with Crippen LogP contribution in [0, 0.1) is 30.1 Å². The molecule has 244 valence electrons. The summed E-state index contributed by atoms with van der Waals surface area (Å²) in [5, 5.41) is 27.7. The lowest BCUT2D eigenvalue weighted by Gasteiger charge is -2.33. The molecule has 44 heavy (non-hydrogen) atoms. The molecule has 2 fully saturated rings. The van der Waals surface area contributed by atoms with Crippen molar-refractivity contribution in [2.24, 2.45) is 17.8 Å². The summed E-state index contributed by atoms with van der Waals surface area (Å²) in [7, 11) is 3.73. The first-order chi connectivity index (χ1) is 21.1. The minimum Gasteiger partial charge on any atom is -0.390 e. The average molecular weight is 611 g/mol. The molecule has 1 aromatic carbocycles. The predicted octanol–water partition coefficient (Wildman–Crippen LogP) is 2.74. The van der Waals surface area contributed by atoms with Gasteiger partial charge in [-0.1, -0.05) is 69.4 Å². The van der Waals surface area contributed by atoms with E-state index in [0.717, 1.165) is 57.2 Å². The zero-order valence-corrected chi connectivity index (χ0v) is 26.9. The molecule has 9 heteroatoms. The van der Waals surface area contributed by atoms with Crippen LogP contribution in [0.2, 0.25) is 0 Å². The number of carbonyl (C=O) groups is 3. The topological polar surface area (TPSA) is 122 Å². The Kier molecular flexibility index (Phi) is 14.7. The Hall–Kier alpha value is -2.93. The highest BCUT2D eigenvalue weighted by atomic mass is 16.3. The van der Waals surface area contributed by atoms with Gasteiger partial charge in [-0.2, -0.15) is 0 Å². The molecule has 0 saturated heterocycles. The molecule has 0 spiro atoms. The maximum atomic E-state index is 13.7. The number of hydrogen-bond donors (Lipinski definition) is 4. The summed E-state index contributed by atoms with van der Waals surface area (Å²) >= 11 is 0. The third-order valence-corrected chi connectivity index (χ3v) is 9.36. The zero-order valence-electron chi connectivity index (χ0n) is 26.9. The van der Waals surface area contributed by atoms with Crippen LogP contribution >= 0.6 is 0 Å². The van der Waals surface area contributed by atoms with Crippen molar-refractivity contribution >= 4 is 17.7 Å². The number of likely N-dealkylation sites (N-methyl/N-ethyl adjacent to an activating group) is 2. The summed E-state index contributed by atoms with van der Waals surface area (Å²) in [5.74, 6) is 1.16. The molecule has 4 N–H and O–H groups in total. The van der Waals surface area contributed by atoms with Gasteiger partial charge >= 0.3 is 0 Å². The van der Waals surface area contributed by atoms with Crippen molar-refractivity contribution in [2.75, 3.05) is 33.7 Å². The number of rotatable bonds is 18. The molecule has 3 unspecified atom stereocenters. The summed E-state index contributed by atoms with van der Waals surface area (Å²) < 4.78 is 0. The Balaban J connectivity index is 1.72. The van der Waals surface area contributed by atoms with Gasteiger partial charge in [-0.25, -0.2) is 0 Å². The van der Waals surface area contributed by atoms with Crippen molar-refractivity contribution in [1.82, 2.24) is 20.4 Å². The monoisotopic (exact) mass is 610 g/mol. The van der Waals surface area contributed by atoms with E-state index in [1.165, 1.54) is 6.42 Å². The molecule has 0 bridgehead atoms. The molecule has 0 aliphatic heterocycles. The molecule has 9 nitrogen and oxygen atoms in total. The highest BCUT2D eigenvalue weighted by Gasteiger charge is 2.40. The van der Waals surface area contributed by atoms with Crippen molar-refractivity contribution in [3.8, 4) is 12.3 Å². The van der Waals surface area contributed by atoms with Gasteiger partial charge in [-0.15, -0.1) is 12.3 Å². The van der Waals surface area contributed by atoms with Crippen molar-refractivity contribution in [2.45, 2.75) is 102 Å². The molecular formula is C35H54N4O5. The van der Waals surface area contributed by atoms with Crippen molar-refractivity contribution < 1.29 is 24.6 Å². The minimum atomic E-state index is -1.10. The normalized spacial score (nSPS) is 18.8. The summed E-state index contributed by atoms with van der Waals surface area (Å²) in [6, 6.07) is 7.83. The van der Waals surface area contributed by atoms with E-state index < -0.39 is 42.0 Å². The maximum Gasteiger partial charge on any atom is 0.243 e. The van der Waals surface area contributed by atoms with E-state index in [0.29, 0.717) is 25.3 Å². The lowest BCUT2D eigenvalue weighted by Crippen LogP contribution is -2.56. The molecule has 2 aliphatic rings. The average Bonchev–Trinajstić information content (AvgIpc) is 3.88. The second kappa shape index (κ2) is 18.1. The smallest absolute Gasteiger partial charge is 0.243 e. The van der Waals surface area contributed by atoms with Crippen LogP contribution in [0.4, 0.5) is 0 Å². The van der Waals surface area contributed by atoms with Gasteiger partial charge in [-0.05, 0) is 56.7 Å². The van der Waals surface area contributed by atoms with Crippen LogP contribution in [0.5, 0.6) is 0 Å². The second-order valence-corrected chi connectivity index (χ2v) is 12.9. The fraction of sp³-hybridized carbons (Fsp3) is 0.686. The van der Waals surface area contributed by atoms with Crippen LogP contribution in [-0.4, -0.2) is 95.8 Å². The predicted molar refractivity (Wildman–Crippen MR) is 172 cm³/mol. The Bertz CT molecular complexity index is 1080. The fourth-order valence-corrected chi connectivity index (χ4v) is 6.05. The molecule has 0 heterocycles. The Morgan fingerprint density at radius 2 is 1.66 bits per heavy atom. The van der Waals surface area contributed by atoms with E-state index in [2.05, 4.69) is 28.4 Å². The Labute approximate surface area is 264 Å². The highest BCUT2D eigenvalue weighted by molar-refractivity contribution is 5.91. The summed E-state index contributed by atoms with van der Waals surface area (Å²) in [6.07, 6.45) is 11.7. The molecule has 2 saturated carbocycles. The summed E-state index contributed by atoms with van der Waals surface area (Å²) in [6.45, 7) is 4.20. The number of aliphatic hydroxyl groups excluding tert-OH is 2. The fourth-order valence-electron chi connectivity index (χ4n) is 6.05. The number of nitrogens with zero attached hydrogens (tertiary/aromatic N) is 2. The molecular weight excluding hydrogens is 556 g/mol. The van der Waals surface area contributed by atoms with Gasteiger partial charge in [0.2, 0.25) is 17.7 Å². The van der Waals surface area contributed by atoms with Gasteiger partial charge < -0.3 is 30.6 Å². The van der Waals surface area contributed by atoms with E-state index >= 15 is 0 Å². The third-order valence-electron chi connectivity index (χ3n) is 9.36. The summed E-state index contributed by atoms with van der Waals surface area (Å²) in [5.41, 5.74) is 0.913. The maximum absolute atomic E-state index is 13.7. The zero-order chi connectivity index (χ0) is 32.1. The van der Waals surface area contributed by atoms with E-state index in [4.69, 9.17) is 6.42 Å². The third kappa shape index (κ3) is 11.5. The minimum absolute atomic E-state index is 0.00589. The van der Waals surface area contributed by atoms with Gasteiger partial charge in [0.05, 0.1) is 18.1 Å². The molecule has 3 amide bonds. The first-order valence-electron chi connectivity index (χ1n) is 16.5. The van der Waals surface area contributed by atoms with Gasteiger partial charge in [0.1, 0.15) is 12.1 Å². The molecule has 0 radical (unpaired) electrons. The SMILES string of the molecule is C#CC[C@H](NC(=O)C(CC(=O)N(C)CCN(C)CC)Cc1ccccc1)C(=O)NC(CC1CCCCC1)[C@@H](O)C(O)C1CC1. The number of terminal acetylenes is 1. The Morgan fingerprint density at radius 1 is 0.977 bits per heavy atom. The quantitative estimate of drug-likeness (QED) is 0.190. The largest absolute Gasteiger partial charge is 0.390 e. The van der Waals surface area contributed by atoms with Gasteiger partial charge in [-0.3, -0.25) is 14.4 Å². The van der Waals surface area contributed by atoms with Crippen LogP contribution in [-0.2, 0) is 20.8 Å². The van der Waals surface area contributed by atoms with Crippen molar-refractivity contribution in [3.63, 3.8) is 0 Å². The molecule has 0 aromatic heterocycles. The van der Waals surface area contributed by atoms with E-state index in [9.17, 15) is 24.6 Å². The molecule has 5 atom stereocenters. The first kappa shape index (κ1) is 35.5. The number of hydrogen-bond acceptors (Lipinski definition) is 6. The van der Waals surface area contributed by atoms with E-state index in [-0.39, 0.29) is 24.7 Å². The lowest BCUT2D eigenvalue weighted by atomic mass is 9.82. The lowest BCUT2D eigenvalue weighted by molar-refractivity contribution is -0.137. The van der Waals surface area contributed by atoms with Crippen LogP contribution in [0.3, 0.4) is 0 Å².